The molecule has 0 aliphatic heterocycles. The molecule has 2 aromatic rings. The summed E-state index contributed by atoms with van der Waals surface area (Å²) in [6, 6.07) is 10.3. The maximum absolute atomic E-state index is 11.6. The van der Waals surface area contributed by atoms with Gasteiger partial charge in [0.2, 0.25) is 5.91 Å². The van der Waals surface area contributed by atoms with E-state index in [2.05, 4.69) is 22.4 Å². The van der Waals surface area contributed by atoms with E-state index < -0.39 is 0 Å². The number of nitrogens with one attached hydrogen (secondary N) is 1. The Bertz CT molecular complexity index is 525. The van der Waals surface area contributed by atoms with Crippen molar-refractivity contribution in [1.29, 1.82) is 0 Å². The van der Waals surface area contributed by atoms with E-state index in [0.29, 0.717) is 11.6 Å². The van der Waals surface area contributed by atoms with Crippen LogP contribution in [0.3, 0.4) is 0 Å². The molecular formula is C14H16N2OS2. The molecule has 5 heteroatoms. The molecule has 0 radical (unpaired) electrons. The molecule has 1 heterocycles. The highest BCUT2D eigenvalue weighted by Gasteiger charge is 2.06. The van der Waals surface area contributed by atoms with Crippen LogP contribution >= 0.6 is 23.1 Å². The zero-order valence-electron chi connectivity index (χ0n) is 10.8. The highest BCUT2D eigenvalue weighted by Crippen LogP contribution is 2.21. The van der Waals surface area contributed by atoms with Gasteiger partial charge in [0.1, 0.15) is 0 Å². The van der Waals surface area contributed by atoms with Gasteiger partial charge in [-0.15, -0.1) is 11.3 Å². The predicted molar refractivity (Wildman–Crippen MR) is 83.0 cm³/mol. The van der Waals surface area contributed by atoms with Crippen LogP contribution in [0.15, 0.2) is 36.5 Å². The number of benzene rings is 1. The maximum atomic E-state index is 11.6. The zero-order chi connectivity index (χ0) is 13.5. The molecule has 0 unspecified atom stereocenters. The fourth-order valence-corrected chi connectivity index (χ4v) is 2.87. The fraction of sp³-hybridized carbons (Fsp3) is 0.286. The van der Waals surface area contributed by atoms with Crippen molar-refractivity contribution in [2.45, 2.75) is 12.8 Å². The van der Waals surface area contributed by atoms with Crippen LogP contribution < -0.4 is 5.32 Å². The summed E-state index contributed by atoms with van der Waals surface area (Å²) < 4.78 is 0. The lowest BCUT2D eigenvalue weighted by Crippen LogP contribution is -2.11. The normalized spacial score (nSPS) is 10.4. The van der Waals surface area contributed by atoms with Crippen LogP contribution in [0, 0.1) is 0 Å². The molecule has 0 fully saturated rings. The summed E-state index contributed by atoms with van der Waals surface area (Å²) >= 11 is 3.21. The van der Waals surface area contributed by atoms with Gasteiger partial charge in [-0.3, -0.25) is 4.79 Å². The molecule has 1 amide bonds. The summed E-state index contributed by atoms with van der Waals surface area (Å²) in [4.78, 5) is 17.0. The van der Waals surface area contributed by atoms with Crippen LogP contribution in [-0.4, -0.2) is 22.9 Å². The summed E-state index contributed by atoms with van der Waals surface area (Å²) in [6.45, 7) is 0. The molecule has 0 spiro atoms. The zero-order valence-corrected chi connectivity index (χ0v) is 12.4. The van der Waals surface area contributed by atoms with Gasteiger partial charge in [0, 0.05) is 29.7 Å². The molecule has 1 N–H and O–H groups in total. The first-order chi connectivity index (χ1) is 9.28. The van der Waals surface area contributed by atoms with Crippen molar-refractivity contribution in [3.05, 3.63) is 47.0 Å². The molecule has 0 aliphatic rings. The number of hydrogen-bond donors (Lipinski definition) is 1. The van der Waals surface area contributed by atoms with Crippen molar-refractivity contribution in [3.8, 4) is 0 Å². The second-order valence-corrected chi connectivity index (χ2v) is 6.19. The van der Waals surface area contributed by atoms with Gasteiger partial charge in [-0.25, -0.2) is 4.98 Å². The first kappa shape index (κ1) is 14.1. The third-order valence-corrected chi connectivity index (χ3v) is 4.08. The van der Waals surface area contributed by atoms with E-state index in [4.69, 9.17) is 0 Å². The molecule has 3 nitrogen and oxygen atoms in total. The van der Waals surface area contributed by atoms with Gasteiger partial charge in [0.25, 0.3) is 0 Å². The molecule has 0 saturated heterocycles. The fourth-order valence-electron chi connectivity index (χ4n) is 1.62. The molecule has 0 bridgehead atoms. The van der Waals surface area contributed by atoms with E-state index >= 15 is 0 Å². The Hall–Kier alpha value is -1.33. The first-order valence-corrected chi connectivity index (χ1v) is 8.26. The highest BCUT2D eigenvalue weighted by atomic mass is 32.2. The van der Waals surface area contributed by atoms with E-state index in [1.54, 1.807) is 11.8 Å². The van der Waals surface area contributed by atoms with E-state index in [9.17, 15) is 4.79 Å². The molecule has 1 aromatic carbocycles. The topological polar surface area (TPSA) is 42.0 Å². The number of carbonyl (C=O) groups is 1. The van der Waals surface area contributed by atoms with Crippen molar-refractivity contribution in [2.24, 2.45) is 0 Å². The maximum Gasteiger partial charge on any atom is 0.226 e. The summed E-state index contributed by atoms with van der Waals surface area (Å²) in [5, 5.41) is 3.53. The quantitative estimate of drug-likeness (QED) is 0.887. The molecule has 0 saturated carbocycles. The third-order valence-electron chi connectivity index (χ3n) is 2.55. The summed E-state index contributed by atoms with van der Waals surface area (Å²) in [7, 11) is 0. The van der Waals surface area contributed by atoms with Crippen LogP contribution in [0.4, 0.5) is 5.13 Å². The Balaban J connectivity index is 1.90. The Kier molecular flexibility index (Phi) is 5.42. The Morgan fingerprint density at radius 2 is 2.16 bits per heavy atom. The van der Waals surface area contributed by atoms with Crippen molar-refractivity contribution in [3.63, 3.8) is 0 Å². The van der Waals surface area contributed by atoms with Crippen LogP contribution in [0.1, 0.15) is 16.9 Å². The molecule has 0 atom stereocenters. The minimum atomic E-state index is 0.0370. The molecule has 19 heavy (non-hydrogen) atoms. The number of nitrogens with zero attached hydrogens (tertiary/aromatic N) is 1. The molecule has 1 aromatic heterocycles. The Morgan fingerprint density at radius 3 is 2.89 bits per heavy atom. The van der Waals surface area contributed by atoms with Crippen molar-refractivity contribution >= 4 is 34.1 Å². The molecule has 0 aliphatic carbocycles. The number of carbonyl (C=O) groups excluding carboxylic acids is 1. The summed E-state index contributed by atoms with van der Waals surface area (Å²) in [6.07, 6.45) is 5.23. The van der Waals surface area contributed by atoms with Gasteiger partial charge in [-0.05, 0) is 11.8 Å². The number of aromatic nitrogens is 1. The number of amides is 1. The second kappa shape index (κ2) is 7.31. The third kappa shape index (κ3) is 4.69. The Labute approximate surface area is 121 Å². The number of rotatable bonds is 6. The van der Waals surface area contributed by atoms with Gasteiger partial charge >= 0.3 is 0 Å². The van der Waals surface area contributed by atoms with Gasteiger partial charge in [0.15, 0.2) is 5.13 Å². The molecule has 100 valence electrons. The van der Waals surface area contributed by atoms with Crippen LogP contribution in [0.25, 0.3) is 0 Å². The van der Waals surface area contributed by atoms with Gasteiger partial charge in [0.05, 0.1) is 0 Å². The van der Waals surface area contributed by atoms with E-state index in [0.717, 1.165) is 17.1 Å². The highest BCUT2D eigenvalue weighted by molar-refractivity contribution is 7.98. The van der Waals surface area contributed by atoms with Crippen molar-refractivity contribution in [2.75, 3.05) is 17.3 Å². The van der Waals surface area contributed by atoms with E-state index in [1.165, 1.54) is 16.9 Å². The first-order valence-electron chi connectivity index (χ1n) is 6.05. The Morgan fingerprint density at radius 1 is 1.37 bits per heavy atom. The van der Waals surface area contributed by atoms with Crippen molar-refractivity contribution in [1.82, 2.24) is 4.98 Å². The summed E-state index contributed by atoms with van der Waals surface area (Å²) in [5.41, 5.74) is 1.26. The average Bonchev–Trinajstić information content (AvgIpc) is 2.85. The minimum absolute atomic E-state index is 0.0370. The lowest BCUT2D eigenvalue weighted by atomic mass is 10.1. The van der Waals surface area contributed by atoms with Crippen molar-refractivity contribution < 1.29 is 4.79 Å². The van der Waals surface area contributed by atoms with Gasteiger partial charge < -0.3 is 5.32 Å². The monoisotopic (exact) mass is 292 g/mol. The number of anilines is 1. The SMILES string of the molecule is CSCCC(=O)Nc1ncc(Cc2ccccc2)s1. The van der Waals surface area contributed by atoms with Gasteiger partial charge in [-0.1, -0.05) is 30.3 Å². The van der Waals surface area contributed by atoms with Crippen LogP contribution in [0.2, 0.25) is 0 Å². The average molecular weight is 292 g/mol. The standard InChI is InChI=1S/C14H16N2OS2/c1-18-8-7-13(17)16-14-15-10-12(19-14)9-11-5-3-2-4-6-11/h2-6,10H,7-9H2,1H3,(H,15,16,17). The smallest absolute Gasteiger partial charge is 0.226 e. The minimum Gasteiger partial charge on any atom is -0.302 e. The number of thiazole rings is 1. The lowest BCUT2D eigenvalue weighted by Gasteiger charge is -1.99. The summed E-state index contributed by atoms with van der Waals surface area (Å²) in [5.74, 6) is 0.878. The predicted octanol–water partition coefficient (Wildman–Crippen LogP) is 3.43. The molecule has 2 rings (SSSR count). The lowest BCUT2D eigenvalue weighted by molar-refractivity contribution is -0.115. The second-order valence-electron chi connectivity index (χ2n) is 4.09. The molecular weight excluding hydrogens is 276 g/mol. The number of thioether (sulfide) groups is 1. The van der Waals surface area contributed by atoms with E-state index in [1.807, 2.05) is 30.7 Å². The largest absolute Gasteiger partial charge is 0.302 e. The number of hydrogen-bond acceptors (Lipinski definition) is 4. The van der Waals surface area contributed by atoms with Gasteiger partial charge in [-0.2, -0.15) is 11.8 Å². The van der Waals surface area contributed by atoms with E-state index in [-0.39, 0.29) is 5.91 Å². The van der Waals surface area contributed by atoms with Crippen LogP contribution in [0.5, 0.6) is 0 Å². The van der Waals surface area contributed by atoms with Crippen LogP contribution in [-0.2, 0) is 11.2 Å².